The van der Waals surface area contributed by atoms with Crippen molar-refractivity contribution >= 4 is 15.5 Å². The van der Waals surface area contributed by atoms with E-state index >= 15 is 0 Å². The van der Waals surface area contributed by atoms with E-state index in [1.807, 2.05) is 12.1 Å². The summed E-state index contributed by atoms with van der Waals surface area (Å²) >= 11 is 0. The van der Waals surface area contributed by atoms with Crippen LogP contribution in [0.1, 0.15) is 32.6 Å². The van der Waals surface area contributed by atoms with Gasteiger partial charge in [0.15, 0.2) is 9.84 Å². The van der Waals surface area contributed by atoms with Crippen LogP contribution in [0.2, 0.25) is 0 Å². The van der Waals surface area contributed by atoms with Crippen molar-refractivity contribution in [2.75, 3.05) is 23.8 Å². The zero-order valence-electron chi connectivity index (χ0n) is 12.0. The van der Waals surface area contributed by atoms with Gasteiger partial charge in [0.1, 0.15) is 0 Å². The predicted molar refractivity (Wildman–Crippen MR) is 80.9 cm³/mol. The summed E-state index contributed by atoms with van der Waals surface area (Å²) in [6, 6.07) is 7.18. The van der Waals surface area contributed by atoms with E-state index in [-0.39, 0.29) is 18.4 Å². The molecular formula is C15H23NO3S. The Morgan fingerprint density at radius 2 is 2.00 bits per heavy atom. The second-order valence-electron chi connectivity index (χ2n) is 5.25. The van der Waals surface area contributed by atoms with Crippen LogP contribution in [0.25, 0.3) is 0 Å². The van der Waals surface area contributed by atoms with Gasteiger partial charge >= 0.3 is 0 Å². The smallest absolute Gasteiger partial charge is 0.180 e. The van der Waals surface area contributed by atoms with Gasteiger partial charge in [-0.3, -0.25) is 0 Å². The van der Waals surface area contributed by atoms with Crippen molar-refractivity contribution in [3.8, 4) is 0 Å². The molecule has 1 aromatic carbocycles. The number of sulfone groups is 1. The maximum atomic E-state index is 12.3. The number of nitrogens with zero attached hydrogens (tertiary/aromatic N) is 1. The molecule has 1 aliphatic rings. The molecule has 1 heterocycles. The maximum absolute atomic E-state index is 12.3. The lowest BCUT2D eigenvalue weighted by molar-refractivity contribution is 0.254. The molecule has 0 aromatic heterocycles. The van der Waals surface area contributed by atoms with Gasteiger partial charge < -0.3 is 10.0 Å². The molecule has 1 N–H and O–H groups in total. The van der Waals surface area contributed by atoms with Crippen LogP contribution in [0, 0.1) is 0 Å². The van der Waals surface area contributed by atoms with Crippen molar-refractivity contribution in [1.29, 1.82) is 0 Å². The SMILES string of the molecule is CCS(=O)(=O)c1ccccc1N1CCCCCC1CO. The zero-order valence-corrected chi connectivity index (χ0v) is 12.8. The van der Waals surface area contributed by atoms with Gasteiger partial charge in [0.25, 0.3) is 0 Å². The summed E-state index contributed by atoms with van der Waals surface area (Å²) in [6.07, 6.45) is 4.17. The molecule has 0 bridgehead atoms. The van der Waals surface area contributed by atoms with Gasteiger partial charge in [-0.25, -0.2) is 8.42 Å². The van der Waals surface area contributed by atoms with E-state index in [2.05, 4.69) is 4.90 Å². The normalized spacial score (nSPS) is 20.7. The summed E-state index contributed by atoms with van der Waals surface area (Å²) in [6.45, 7) is 2.54. The van der Waals surface area contributed by atoms with Crippen molar-refractivity contribution in [1.82, 2.24) is 0 Å². The summed E-state index contributed by atoms with van der Waals surface area (Å²) in [5, 5.41) is 9.61. The fourth-order valence-corrected chi connectivity index (χ4v) is 3.90. The van der Waals surface area contributed by atoms with Crippen LogP contribution in [0.3, 0.4) is 0 Å². The molecule has 1 aromatic rings. The molecule has 1 saturated heterocycles. The van der Waals surface area contributed by atoms with Crippen LogP contribution < -0.4 is 4.90 Å². The molecule has 0 amide bonds. The molecule has 1 atom stereocenters. The van der Waals surface area contributed by atoms with E-state index in [1.54, 1.807) is 19.1 Å². The second kappa shape index (κ2) is 6.59. The molecular weight excluding hydrogens is 274 g/mol. The van der Waals surface area contributed by atoms with E-state index in [4.69, 9.17) is 0 Å². The molecule has 112 valence electrons. The Morgan fingerprint density at radius 3 is 2.70 bits per heavy atom. The van der Waals surface area contributed by atoms with Crippen LogP contribution >= 0.6 is 0 Å². The summed E-state index contributed by atoms with van der Waals surface area (Å²) in [4.78, 5) is 2.47. The monoisotopic (exact) mass is 297 g/mol. The maximum Gasteiger partial charge on any atom is 0.180 e. The number of hydrogen-bond donors (Lipinski definition) is 1. The lowest BCUT2D eigenvalue weighted by Gasteiger charge is -2.32. The summed E-state index contributed by atoms with van der Waals surface area (Å²) in [5.74, 6) is 0.0989. The Hall–Kier alpha value is -1.07. The van der Waals surface area contributed by atoms with E-state index < -0.39 is 9.84 Å². The van der Waals surface area contributed by atoms with E-state index in [1.165, 1.54) is 0 Å². The van der Waals surface area contributed by atoms with Gasteiger partial charge in [0, 0.05) is 6.54 Å². The van der Waals surface area contributed by atoms with Gasteiger partial charge in [-0.15, -0.1) is 0 Å². The van der Waals surface area contributed by atoms with Crippen LogP contribution in [-0.2, 0) is 9.84 Å². The average molecular weight is 297 g/mol. The fourth-order valence-electron chi connectivity index (χ4n) is 2.80. The molecule has 1 aliphatic heterocycles. The Kier molecular flexibility index (Phi) is 5.05. The molecule has 4 nitrogen and oxygen atoms in total. The largest absolute Gasteiger partial charge is 0.394 e. The molecule has 0 saturated carbocycles. The molecule has 0 radical (unpaired) electrons. The first-order chi connectivity index (χ1) is 9.60. The highest BCUT2D eigenvalue weighted by Crippen LogP contribution is 2.30. The zero-order chi connectivity index (χ0) is 14.6. The lowest BCUT2D eigenvalue weighted by Crippen LogP contribution is -2.38. The van der Waals surface area contributed by atoms with Crippen LogP contribution in [0.15, 0.2) is 29.2 Å². The predicted octanol–water partition coefficient (Wildman–Crippen LogP) is 2.22. The average Bonchev–Trinajstić information content (AvgIpc) is 2.72. The van der Waals surface area contributed by atoms with Crippen LogP contribution in [0.4, 0.5) is 5.69 Å². The number of hydrogen-bond acceptors (Lipinski definition) is 4. The third-order valence-corrected chi connectivity index (χ3v) is 5.75. The van der Waals surface area contributed by atoms with Gasteiger partial charge in [0.05, 0.1) is 29.0 Å². The number of para-hydroxylation sites is 1. The van der Waals surface area contributed by atoms with Gasteiger partial charge in [-0.05, 0) is 25.0 Å². The Labute approximate surface area is 121 Å². The van der Waals surface area contributed by atoms with Crippen molar-refractivity contribution in [3.63, 3.8) is 0 Å². The first-order valence-corrected chi connectivity index (χ1v) is 8.94. The summed E-state index contributed by atoms with van der Waals surface area (Å²) in [5.41, 5.74) is 0.746. The first-order valence-electron chi connectivity index (χ1n) is 7.29. The minimum Gasteiger partial charge on any atom is -0.394 e. The quantitative estimate of drug-likeness (QED) is 0.926. The molecule has 2 rings (SSSR count). The van der Waals surface area contributed by atoms with Crippen LogP contribution in [-0.4, -0.2) is 38.5 Å². The number of anilines is 1. The molecule has 0 aliphatic carbocycles. The van der Waals surface area contributed by atoms with E-state index in [0.29, 0.717) is 4.90 Å². The minimum atomic E-state index is -3.25. The Balaban J connectivity index is 2.45. The number of rotatable bonds is 4. The van der Waals surface area contributed by atoms with Crippen molar-refractivity contribution in [2.24, 2.45) is 0 Å². The molecule has 20 heavy (non-hydrogen) atoms. The first kappa shape index (κ1) is 15.3. The van der Waals surface area contributed by atoms with E-state index in [0.717, 1.165) is 37.9 Å². The van der Waals surface area contributed by atoms with Crippen molar-refractivity contribution in [2.45, 2.75) is 43.5 Å². The summed E-state index contributed by atoms with van der Waals surface area (Å²) < 4.78 is 24.5. The summed E-state index contributed by atoms with van der Waals surface area (Å²) in [7, 11) is -3.25. The Bertz CT molecular complexity index is 542. The molecule has 1 unspecified atom stereocenters. The van der Waals surface area contributed by atoms with Crippen LogP contribution in [0.5, 0.6) is 0 Å². The highest BCUT2D eigenvalue weighted by Gasteiger charge is 2.26. The van der Waals surface area contributed by atoms with Gasteiger partial charge in [0.2, 0.25) is 0 Å². The molecule has 5 heteroatoms. The highest BCUT2D eigenvalue weighted by molar-refractivity contribution is 7.91. The van der Waals surface area contributed by atoms with Gasteiger partial charge in [-0.2, -0.15) is 0 Å². The third kappa shape index (κ3) is 3.15. The topological polar surface area (TPSA) is 57.6 Å². The molecule has 1 fully saturated rings. The number of benzene rings is 1. The fraction of sp³-hybridized carbons (Fsp3) is 0.600. The van der Waals surface area contributed by atoms with Crippen molar-refractivity contribution < 1.29 is 13.5 Å². The van der Waals surface area contributed by atoms with Crippen molar-refractivity contribution in [3.05, 3.63) is 24.3 Å². The van der Waals surface area contributed by atoms with E-state index in [9.17, 15) is 13.5 Å². The number of aliphatic hydroxyl groups excluding tert-OH is 1. The highest BCUT2D eigenvalue weighted by atomic mass is 32.2. The van der Waals surface area contributed by atoms with Gasteiger partial charge in [-0.1, -0.05) is 31.9 Å². The Morgan fingerprint density at radius 1 is 1.25 bits per heavy atom. The lowest BCUT2D eigenvalue weighted by atomic mass is 10.1. The molecule has 0 spiro atoms. The number of aliphatic hydroxyl groups is 1. The minimum absolute atomic E-state index is 0.0192. The standard InChI is InChI=1S/C15H23NO3S/c1-2-20(18,19)15-10-6-5-9-14(15)16-11-7-3-4-8-13(16)12-17/h5-6,9-10,13,17H,2-4,7-8,11-12H2,1H3. The third-order valence-electron chi connectivity index (χ3n) is 3.98. The second-order valence-corrected chi connectivity index (χ2v) is 7.50.